The molecule has 106 valence electrons. The van der Waals surface area contributed by atoms with Crippen LogP contribution in [0.1, 0.15) is 23.4 Å². The Morgan fingerprint density at radius 3 is 2.68 bits per heavy atom. The third kappa shape index (κ3) is 2.83. The van der Waals surface area contributed by atoms with Crippen molar-refractivity contribution in [1.29, 1.82) is 0 Å². The number of nitrogens with one attached hydrogen (secondary N) is 2. The second-order valence-electron chi connectivity index (χ2n) is 5.88. The number of aromatic amines is 1. The molecule has 0 aromatic carbocycles. The molecule has 1 aromatic rings. The average molecular weight is 263 g/mol. The van der Waals surface area contributed by atoms with Crippen molar-refractivity contribution in [3.05, 3.63) is 17.0 Å². The topological polar surface area (TPSA) is 47.2 Å². The highest BCUT2D eigenvalue weighted by Gasteiger charge is 2.28. The van der Waals surface area contributed by atoms with Crippen molar-refractivity contribution in [2.45, 2.75) is 32.9 Å². The smallest absolute Gasteiger partial charge is 0.0639 e. The molecule has 1 aromatic heterocycles. The number of rotatable bonds is 3. The van der Waals surface area contributed by atoms with Crippen LogP contribution in [0.4, 0.5) is 0 Å². The van der Waals surface area contributed by atoms with Gasteiger partial charge >= 0.3 is 0 Å². The number of piperazine rings is 1. The van der Waals surface area contributed by atoms with E-state index in [1.54, 1.807) is 0 Å². The van der Waals surface area contributed by atoms with Crippen molar-refractivity contribution in [2.24, 2.45) is 0 Å². The van der Waals surface area contributed by atoms with Crippen molar-refractivity contribution in [3.63, 3.8) is 0 Å². The molecule has 3 rings (SSSR count). The summed E-state index contributed by atoms with van der Waals surface area (Å²) in [6.07, 6.45) is 1.32. The van der Waals surface area contributed by atoms with Gasteiger partial charge in [-0.1, -0.05) is 0 Å². The maximum absolute atomic E-state index is 4.30. The van der Waals surface area contributed by atoms with Crippen LogP contribution in [0.25, 0.3) is 0 Å². The molecular weight excluding hydrogens is 238 g/mol. The van der Waals surface area contributed by atoms with E-state index in [-0.39, 0.29) is 0 Å². The first kappa shape index (κ1) is 13.1. The summed E-state index contributed by atoms with van der Waals surface area (Å²) in [5, 5.41) is 10.8. The molecule has 2 aliphatic rings. The van der Waals surface area contributed by atoms with Gasteiger partial charge in [-0.15, -0.1) is 0 Å². The van der Waals surface area contributed by atoms with Gasteiger partial charge in [0, 0.05) is 63.1 Å². The van der Waals surface area contributed by atoms with E-state index in [2.05, 4.69) is 39.2 Å². The lowest BCUT2D eigenvalue weighted by Gasteiger charge is -2.32. The molecule has 5 heteroatoms. The molecule has 0 radical (unpaired) electrons. The van der Waals surface area contributed by atoms with E-state index in [1.807, 2.05) is 0 Å². The molecule has 1 unspecified atom stereocenters. The SMILES string of the molecule is Cc1n[nH]c(C)c1CN1CCC(N2CCNCC2)C1. The maximum atomic E-state index is 4.30. The average Bonchev–Trinajstić information content (AvgIpc) is 3.02. The van der Waals surface area contributed by atoms with Crippen molar-refractivity contribution in [2.75, 3.05) is 39.3 Å². The minimum atomic E-state index is 0.759. The maximum Gasteiger partial charge on any atom is 0.0639 e. The van der Waals surface area contributed by atoms with E-state index >= 15 is 0 Å². The zero-order valence-electron chi connectivity index (χ0n) is 12.1. The van der Waals surface area contributed by atoms with E-state index < -0.39 is 0 Å². The first-order chi connectivity index (χ1) is 9.24. The van der Waals surface area contributed by atoms with Crippen molar-refractivity contribution < 1.29 is 0 Å². The molecule has 2 N–H and O–H groups in total. The number of hydrogen-bond acceptors (Lipinski definition) is 4. The van der Waals surface area contributed by atoms with Crippen LogP contribution in [-0.4, -0.2) is 65.3 Å². The van der Waals surface area contributed by atoms with Crippen LogP contribution in [0, 0.1) is 13.8 Å². The zero-order chi connectivity index (χ0) is 13.2. The lowest BCUT2D eigenvalue weighted by Crippen LogP contribution is -2.49. The van der Waals surface area contributed by atoms with Crippen LogP contribution in [0.2, 0.25) is 0 Å². The number of likely N-dealkylation sites (tertiary alicyclic amines) is 1. The van der Waals surface area contributed by atoms with Gasteiger partial charge in [-0.25, -0.2) is 0 Å². The lowest BCUT2D eigenvalue weighted by molar-refractivity contribution is 0.170. The molecule has 0 aliphatic carbocycles. The molecule has 2 aliphatic heterocycles. The Morgan fingerprint density at radius 1 is 1.21 bits per heavy atom. The van der Waals surface area contributed by atoms with Gasteiger partial charge in [-0.2, -0.15) is 5.10 Å². The molecule has 3 heterocycles. The van der Waals surface area contributed by atoms with Crippen LogP contribution < -0.4 is 5.32 Å². The van der Waals surface area contributed by atoms with E-state index in [0.29, 0.717) is 0 Å². The zero-order valence-corrected chi connectivity index (χ0v) is 12.1. The van der Waals surface area contributed by atoms with Crippen LogP contribution in [0.5, 0.6) is 0 Å². The molecule has 0 spiro atoms. The number of H-pyrrole nitrogens is 1. The van der Waals surface area contributed by atoms with Crippen molar-refractivity contribution in [3.8, 4) is 0 Å². The van der Waals surface area contributed by atoms with Gasteiger partial charge < -0.3 is 5.32 Å². The normalized spacial score (nSPS) is 26.1. The van der Waals surface area contributed by atoms with Gasteiger partial charge in [0.1, 0.15) is 0 Å². The lowest BCUT2D eigenvalue weighted by atomic mass is 10.2. The minimum Gasteiger partial charge on any atom is -0.314 e. The van der Waals surface area contributed by atoms with Gasteiger partial charge in [0.2, 0.25) is 0 Å². The van der Waals surface area contributed by atoms with Crippen molar-refractivity contribution >= 4 is 0 Å². The monoisotopic (exact) mass is 263 g/mol. The third-order valence-corrected chi connectivity index (χ3v) is 4.58. The van der Waals surface area contributed by atoms with Gasteiger partial charge in [0.15, 0.2) is 0 Å². The Kier molecular flexibility index (Phi) is 3.86. The van der Waals surface area contributed by atoms with Gasteiger partial charge in [0.05, 0.1) is 5.69 Å². The molecule has 0 saturated carbocycles. The molecule has 2 saturated heterocycles. The summed E-state index contributed by atoms with van der Waals surface area (Å²) >= 11 is 0. The fraction of sp³-hybridized carbons (Fsp3) is 0.786. The Bertz CT molecular complexity index is 402. The van der Waals surface area contributed by atoms with Crippen LogP contribution >= 0.6 is 0 Å². The second-order valence-corrected chi connectivity index (χ2v) is 5.88. The summed E-state index contributed by atoms with van der Waals surface area (Å²) in [5.41, 5.74) is 3.77. The molecule has 2 fully saturated rings. The molecular formula is C14H25N5. The molecule has 0 amide bonds. The number of aromatic nitrogens is 2. The van der Waals surface area contributed by atoms with Crippen molar-refractivity contribution in [1.82, 2.24) is 25.3 Å². The second kappa shape index (κ2) is 5.61. The number of aryl methyl sites for hydroxylation is 2. The van der Waals surface area contributed by atoms with Crippen LogP contribution in [0.3, 0.4) is 0 Å². The highest BCUT2D eigenvalue weighted by molar-refractivity contribution is 5.23. The molecule has 1 atom stereocenters. The summed E-state index contributed by atoms with van der Waals surface area (Å²) in [4.78, 5) is 5.24. The molecule has 19 heavy (non-hydrogen) atoms. The van der Waals surface area contributed by atoms with Gasteiger partial charge in [0.25, 0.3) is 0 Å². The Hall–Kier alpha value is -0.910. The summed E-state index contributed by atoms with van der Waals surface area (Å²) in [6.45, 7) is 12.4. The third-order valence-electron chi connectivity index (χ3n) is 4.58. The fourth-order valence-corrected chi connectivity index (χ4v) is 3.33. The highest BCUT2D eigenvalue weighted by Crippen LogP contribution is 2.20. The fourth-order valence-electron chi connectivity index (χ4n) is 3.33. The highest BCUT2D eigenvalue weighted by atomic mass is 15.3. The first-order valence-corrected chi connectivity index (χ1v) is 7.41. The quantitative estimate of drug-likeness (QED) is 0.834. The largest absolute Gasteiger partial charge is 0.314 e. The number of nitrogens with zero attached hydrogens (tertiary/aromatic N) is 3. The molecule has 0 bridgehead atoms. The van der Waals surface area contributed by atoms with Crippen LogP contribution in [0.15, 0.2) is 0 Å². The summed E-state index contributed by atoms with van der Waals surface area (Å²) < 4.78 is 0. The summed E-state index contributed by atoms with van der Waals surface area (Å²) in [7, 11) is 0. The predicted octanol–water partition coefficient (Wildman–Crippen LogP) is 0.506. The predicted molar refractivity (Wildman–Crippen MR) is 76.2 cm³/mol. The van der Waals surface area contributed by atoms with E-state index in [4.69, 9.17) is 0 Å². The van der Waals surface area contributed by atoms with Gasteiger partial charge in [-0.3, -0.25) is 14.9 Å². The van der Waals surface area contributed by atoms with Gasteiger partial charge in [-0.05, 0) is 20.3 Å². The summed E-state index contributed by atoms with van der Waals surface area (Å²) in [6, 6.07) is 0.759. The standard InChI is InChI=1S/C14H25N5/c1-11-14(12(2)17-16-11)10-18-6-3-13(9-18)19-7-4-15-5-8-19/h13,15H,3-10H2,1-2H3,(H,16,17). The van der Waals surface area contributed by atoms with Crippen LogP contribution in [-0.2, 0) is 6.54 Å². The number of hydrogen-bond donors (Lipinski definition) is 2. The van der Waals surface area contributed by atoms with E-state index in [9.17, 15) is 0 Å². The summed E-state index contributed by atoms with van der Waals surface area (Å²) in [5.74, 6) is 0. The Morgan fingerprint density at radius 2 is 2.00 bits per heavy atom. The molecule has 5 nitrogen and oxygen atoms in total. The van der Waals surface area contributed by atoms with E-state index in [0.717, 1.165) is 31.4 Å². The Labute approximate surface area is 115 Å². The Balaban J connectivity index is 1.57. The minimum absolute atomic E-state index is 0.759. The first-order valence-electron chi connectivity index (χ1n) is 7.41. The van der Waals surface area contributed by atoms with E-state index in [1.165, 1.54) is 43.9 Å².